The van der Waals surface area contributed by atoms with Gasteiger partial charge < -0.3 is 5.32 Å². The second-order valence-corrected chi connectivity index (χ2v) is 6.94. The van der Waals surface area contributed by atoms with Crippen LogP contribution in [0.2, 0.25) is 0 Å². The van der Waals surface area contributed by atoms with Gasteiger partial charge >= 0.3 is 0 Å². The third kappa shape index (κ3) is 3.61. The predicted octanol–water partition coefficient (Wildman–Crippen LogP) is 2.82. The van der Waals surface area contributed by atoms with Gasteiger partial charge in [0.15, 0.2) is 0 Å². The van der Waals surface area contributed by atoms with Crippen molar-refractivity contribution in [3.63, 3.8) is 0 Å². The SMILES string of the molecule is CCCC1CN(Cc2ccn(C(C)C)n2)C(C)(C)CN1. The summed E-state index contributed by atoms with van der Waals surface area (Å²) < 4.78 is 2.05. The van der Waals surface area contributed by atoms with Gasteiger partial charge in [-0.3, -0.25) is 9.58 Å². The third-order valence-electron chi connectivity index (χ3n) is 4.30. The molecule has 4 nitrogen and oxygen atoms in total. The number of rotatable bonds is 5. The fourth-order valence-electron chi connectivity index (χ4n) is 2.85. The molecule has 20 heavy (non-hydrogen) atoms. The van der Waals surface area contributed by atoms with Gasteiger partial charge in [-0.15, -0.1) is 0 Å². The average molecular weight is 278 g/mol. The van der Waals surface area contributed by atoms with Crippen LogP contribution < -0.4 is 5.32 Å². The Balaban J connectivity index is 2.03. The molecule has 0 bridgehead atoms. The zero-order valence-electron chi connectivity index (χ0n) is 13.7. The quantitative estimate of drug-likeness (QED) is 0.899. The van der Waals surface area contributed by atoms with Crippen LogP contribution in [0, 0.1) is 0 Å². The molecule has 0 aliphatic carbocycles. The molecule has 1 N–H and O–H groups in total. The number of nitrogens with zero attached hydrogens (tertiary/aromatic N) is 3. The second kappa shape index (κ2) is 6.27. The van der Waals surface area contributed by atoms with Gasteiger partial charge in [-0.25, -0.2) is 0 Å². The van der Waals surface area contributed by atoms with E-state index in [1.54, 1.807) is 0 Å². The molecule has 2 heterocycles. The van der Waals surface area contributed by atoms with Crippen LogP contribution >= 0.6 is 0 Å². The van der Waals surface area contributed by atoms with Crippen molar-refractivity contribution in [1.29, 1.82) is 0 Å². The van der Waals surface area contributed by atoms with E-state index in [0.717, 1.165) is 19.6 Å². The molecular weight excluding hydrogens is 248 g/mol. The first kappa shape index (κ1) is 15.5. The van der Waals surface area contributed by atoms with Crippen molar-refractivity contribution in [3.05, 3.63) is 18.0 Å². The van der Waals surface area contributed by atoms with Crippen LogP contribution in [0.25, 0.3) is 0 Å². The molecule has 0 amide bonds. The molecule has 1 aliphatic rings. The lowest BCUT2D eigenvalue weighted by Crippen LogP contribution is -2.61. The van der Waals surface area contributed by atoms with Crippen LogP contribution in [0.1, 0.15) is 59.2 Å². The van der Waals surface area contributed by atoms with Crippen molar-refractivity contribution >= 4 is 0 Å². The average Bonchev–Trinajstić information content (AvgIpc) is 2.83. The highest BCUT2D eigenvalue weighted by molar-refractivity contribution is 5.03. The topological polar surface area (TPSA) is 33.1 Å². The number of hydrogen-bond acceptors (Lipinski definition) is 3. The van der Waals surface area contributed by atoms with E-state index < -0.39 is 0 Å². The molecule has 1 fully saturated rings. The van der Waals surface area contributed by atoms with Crippen LogP contribution in [-0.2, 0) is 6.54 Å². The van der Waals surface area contributed by atoms with E-state index in [9.17, 15) is 0 Å². The summed E-state index contributed by atoms with van der Waals surface area (Å²) in [6, 6.07) is 3.22. The Kier molecular flexibility index (Phi) is 4.86. The lowest BCUT2D eigenvalue weighted by Gasteiger charge is -2.46. The molecule has 1 unspecified atom stereocenters. The molecule has 0 aromatic carbocycles. The highest BCUT2D eigenvalue weighted by atomic mass is 15.3. The molecule has 1 aromatic heterocycles. The highest BCUT2D eigenvalue weighted by Gasteiger charge is 2.33. The Morgan fingerprint density at radius 3 is 2.80 bits per heavy atom. The molecule has 1 atom stereocenters. The van der Waals surface area contributed by atoms with Gasteiger partial charge in [0, 0.05) is 43.5 Å². The molecule has 2 rings (SSSR count). The molecule has 0 saturated carbocycles. The summed E-state index contributed by atoms with van der Waals surface area (Å²) >= 11 is 0. The van der Waals surface area contributed by atoms with Crippen LogP contribution in [-0.4, -0.2) is 39.4 Å². The summed E-state index contributed by atoms with van der Waals surface area (Å²) in [7, 11) is 0. The van der Waals surface area contributed by atoms with Gasteiger partial charge in [0.05, 0.1) is 5.69 Å². The standard InChI is InChI=1S/C16H30N4/c1-6-7-14-10-19(16(4,5)12-17-14)11-15-8-9-20(18-15)13(2)3/h8-9,13-14,17H,6-7,10-12H2,1-5H3. The van der Waals surface area contributed by atoms with E-state index in [1.165, 1.54) is 18.5 Å². The molecule has 0 spiro atoms. The summed E-state index contributed by atoms with van der Waals surface area (Å²) in [6.45, 7) is 14.4. The summed E-state index contributed by atoms with van der Waals surface area (Å²) in [5.74, 6) is 0. The van der Waals surface area contributed by atoms with E-state index >= 15 is 0 Å². The number of nitrogens with one attached hydrogen (secondary N) is 1. The fraction of sp³-hybridized carbons (Fsp3) is 0.812. The maximum absolute atomic E-state index is 4.70. The molecular formula is C16H30N4. The number of hydrogen-bond donors (Lipinski definition) is 1. The summed E-state index contributed by atoms with van der Waals surface area (Å²) in [5.41, 5.74) is 1.38. The van der Waals surface area contributed by atoms with Crippen molar-refractivity contribution in [1.82, 2.24) is 20.0 Å². The van der Waals surface area contributed by atoms with Crippen molar-refractivity contribution in [2.24, 2.45) is 0 Å². The Morgan fingerprint density at radius 2 is 2.20 bits per heavy atom. The number of aromatic nitrogens is 2. The largest absolute Gasteiger partial charge is 0.311 e. The van der Waals surface area contributed by atoms with Gasteiger partial charge in [0.2, 0.25) is 0 Å². The molecule has 1 aromatic rings. The summed E-state index contributed by atoms with van der Waals surface area (Å²) in [4.78, 5) is 2.58. The maximum atomic E-state index is 4.70. The molecule has 0 radical (unpaired) electrons. The Bertz CT molecular complexity index is 422. The second-order valence-electron chi connectivity index (χ2n) is 6.94. The first-order chi connectivity index (χ1) is 9.42. The van der Waals surface area contributed by atoms with Crippen molar-refractivity contribution in [2.75, 3.05) is 13.1 Å². The third-order valence-corrected chi connectivity index (χ3v) is 4.30. The zero-order valence-corrected chi connectivity index (χ0v) is 13.7. The lowest BCUT2D eigenvalue weighted by atomic mass is 9.95. The molecule has 1 saturated heterocycles. The summed E-state index contributed by atoms with van der Waals surface area (Å²) in [5, 5.41) is 8.38. The van der Waals surface area contributed by atoms with E-state index in [1.807, 2.05) is 4.68 Å². The van der Waals surface area contributed by atoms with E-state index in [2.05, 4.69) is 57.1 Å². The van der Waals surface area contributed by atoms with Gasteiger partial charge in [-0.2, -0.15) is 5.10 Å². The smallest absolute Gasteiger partial charge is 0.0765 e. The lowest BCUT2D eigenvalue weighted by molar-refractivity contribution is 0.0550. The molecule has 4 heteroatoms. The molecule has 114 valence electrons. The van der Waals surface area contributed by atoms with Crippen LogP contribution in [0.15, 0.2) is 12.3 Å². The minimum atomic E-state index is 0.200. The highest BCUT2D eigenvalue weighted by Crippen LogP contribution is 2.22. The minimum absolute atomic E-state index is 0.200. The van der Waals surface area contributed by atoms with Crippen molar-refractivity contribution in [3.8, 4) is 0 Å². The van der Waals surface area contributed by atoms with Crippen molar-refractivity contribution < 1.29 is 0 Å². The van der Waals surface area contributed by atoms with Gasteiger partial charge in [-0.05, 0) is 40.2 Å². The fourth-order valence-corrected chi connectivity index (χ4v) is 2.85. The van der Waals surface area contributed by atoms with E-state index in [0.29, 0.717) is 12.1 Å². The number of piperazine rings is 1. The van der Waals surface area contributed by atoms with Crippen LogP contribution in [0.5, 0.6) is 0 Å². The molecule has 1 aliphatic heterocycles. The van der Waals surface area contributed by atoms with E-state index in [4.69, 9.17) is 5.10 Å². The van der Waals surface area contributed by atoms with Gasteiger partial charge in [-0.1, -0.05) is 13.3 Å². The zero-order chi connectivity index (χ0) is 14.8. The Hall–Kier alpha value is -0.870. The summed E-state index contributed by atoms with van der Waals surface area (Å²) in [6.07, 6.45) is 4.60. The van der Waals surface area contributed by atoms with Crippen LogP contribution in [0.3, 0.4) is 0 Å². The van der Waals surface area contributed by atoms with Crippen LogP contribution in [0.4, 0.5) is 0 Å². The van der Waals surface area contributed by atoms with Gasteiger partial charge in [0.1, 0.15) is 0 Å². The van der Waals surface area contributed by atoms with Gasteiger partial charge in [0.25, 0.3) is 0 Å². The van der Waals surface area contributed by atoms with E-state index in [-0.39, 0.29) is 5.54 Å². The maximum Gasteiger partial charge on any atom is 0.0765 e. The first-order valence-corrected chi connectivity index (χ1v) is 7.95. The van der Waals surface area contributed by atoms with Crippen molar-refractivity contribution in [2.45, 2.75) is 71.6 Å². The monoisotopic (exact) mass is 278 g/mol. The minimum Gasteiger partial charge on any atom is -0.311 e. The normalized spacial score (nSPS) is 23.4. The predicted molar refractivity (Wildman–Crippen MR) is 83.8 cm³/mol. The Labute approximate surface area is 123 Å². The Morgan fingerprint density at radius 1 is 1.45 bits per heavy atom. The first-order valence-electron chi connectivity index (χ1n) is 7.95.